The van der Waals surface area contributed by atoms with Crippen molar-refractivity contribution < 1.29 is 4.79 Å². The van der Waals surface area contributed by atoms with Crippen molar-refractivity contribution in [2.45, 2.75) is 39.3 Å². The van der Waals surface area contributed by atoms with Gasteiger partial charge in [0.1, 0.15) is 6.04 Å². The number of nitrogens with one attached hydrogen (secondary N) is 1. The molecule has 1 saturated heterocycles. The maximum absolute atomic E-state index is 11.3. The Hall–Kier alpha value is -0.610. The average Bonchev–Trinajstić information content (AvgIpc) is 2.18. The third-order valence-electron chi connectivity index (χ3n) is 3.23. The molecule has 1 aliphatic heterocycles. The van der Waals surface area contributed by atoms with Crippen molar-refractivity contribution in [2.24, 2.45) is 11.7 Å². The SMILES string of the molecule is CCC(C(C)C)N1CCNCC1C(N)=O. The number of carbonyl (C=O) groups excluding carboxylic acids is 1. The highest BCUT2D eigenvalue weighted by atomic mass is 16.1. The lowest BCUT2D eigenvalue weighted by Gasteiger charge is -2.41. The Morgan fingerprint density at radius 3 is 2.73 bits per heavy atom. The van der Waals surface area contributed by atoms with Crippen LogP contribution < -0.4 is 11.1 Å². The van der Waals surface area contributed by atoms with Gasteiger partial charge in [0.05, 0.1) is 0 Å². The van der Waals surface area contributed by atoms with Gasteiger partial charge in [-0.05, 0) is 12.3 Å². The molecular weight excluding hydrogens is 190 g/mol. The first kappa shape index (κ1) is 12.5. The topological polar surface area (TPSA) is 58.4 Å². The normalized spacial score (nSPS) is 25.5. The molecule has 1 fully saturated rings. The van der Waals surface area contributed by atoms with Crippen molar-refractivity contribution in [3.05, 3.63) is 0 Å². The monoisotopic (exact) mass is 213 g/mol. The molecule has 3 N–H and O–H groups in total. The molecule has 88 valence electrons. The van der Waals surface area contributed by atoms with Crippen LogP contribution in [0.1, 0.15) is 27.2 Å². The van der Waals surface area contributed by atoms with E-state index in [-0.39, 0.29) is 11.9 Å². The molecule has 0 aromatic heterocycles. The van der Waals surface area contributed by atoms with E-state index in [1.807, 2.05) is 0 Å². The number of hydrogen-bond acceptors (Lipinski definition) is 3. The van der Waals surface area contributed by atoms with E-state index in [1.165, 1.54) is 0 Å². The van der Waals surface area contributed by atoms with Crippen LogP contribution in [-0.4, -0.2) is 42.5 Å². The molecular formula is C11H23N3O. The summed E-state index contributed by atoms with van der Waals surface area (Å²) in [6.07, 6.45) is 1.07. The zero-order chi connectivity index (χ0) is 11.4. The highest BCUT2D eigenvalue weighted by Gasteiger charge is 2.32. The molecule has 2 atom stereocenters. The van der Waals surface area contributed by atoms with E-state index in [9.17, 15) is 4.79 Å². The first-order chi connectivity index (χ1) is 7.07. The molecule has 1 heterocycles. The van der Waals surface area contributed by atoms with E-state index in [1.54, 1.807) is 0 Å². The molecule has 2 unspecified atom stereocenters. The molecule has 1 aliphatic rings. The van der Waals surface area contributed by atoms with Crippen molar-refractivity contribution in [2.75, 3.05) is 19.6 Å². The van der Waals surface area contributed by atoms with E-state index in [0.717, 1.165) is 19.5 Å². The molecule has 4 heteroatoms. The number of carbonyl (C=O) groups is 1. The van der Waals surface area contributed by atoms with Gasteiger partial charge < -0.3 is 11.1 Å². The highest BCUT2D eigenvalue weighted by Crippen LogP contribution is 2.18. The molecule has 0 aromatic rings. The minimum absolute atomic E-state index is 0.133. The summed E-state index contributed by atoms with van der Waals surface area (Å²) in [6.45, 7) is 9.14. The van der Waals surface area contributed by atoms with Crippen molar-refractivity contribution >= 4 is 5.91 Å². The third kappa shape index (κ3) is 2.92. The van der Waals surface area contributed by atoms with Gasteiger partial charge in [-0.25, -0.2) is 0 Å². The summed E-state index contributed by atoms with van der Waals surface area (Å²) in [5, 5.41) is 3.22. The smallest absolute Gasteiger partial charge is 0.236 e. The van der Waals surface area contributed by atoms with Crippen LogP contribution in [0, 0.1) is 5.92 Å². The number of hydrogen-bond donors (Lipinski definition) is 2. The van der Waals surface area contributed by atoms with E-state index in [2.05, 4.69) is 31.0 Å². The summed E-state index contributed by atoms with van der Waals surface area (Å²) in [7, 11) is 0. The van der Waals surface area contributed by atoms with Gasteiger partial charge in [-0.2, -0.15) is 0 Å². The second kappa shape index (κ2) is 5.47. The maximum atomic E-state index is 11.3. The van der Waals surface area contributed by atoms with Gasteiger partial charge in [-0.3, -0.25) is 9.69 Å². The molecule has 4 nitrogen and oxygen atoms in total. The molecule has 0 radical (unpaired) electrons. The van der Waals surface area contributed by atoms with Crippen molar-refractivity contribution in [3.63, 3.8) is 0 Å². The van der Waals surface area contributed by atoms with Crippen LogP contribution in [0.25, 0.3) is 0 Å². The number of amides is 1. The van der Waals surface area contributed by atoms with Crippen molar-refractivity contribution in [1.29, 1.82) is 0 Å². The summed E-state index contributed by atoms with van der Waals surface area (Å²) >= 11 is 0. The largest absolute Gasteiger partial charge is 0.368 e. The van der Waals surface area contributed by atoms with Crippen LogP contribution in [0.2, 0.25) is 0 Å². The van der Waals surface area contributed by atoms with Gasteiger partial charge in [0, 0.05) is 25.7 Å². The van der Waals surface area contributed by atoms with E-state index in [0.29, 0.717) is 18.5 Å². The molecule has 0 aromatic carbocycles. The Balaban J connectivity index is 2.73. The minimum atomic E-state index is -0.207. The van der Waals surface area contributed by atoms with Gasteiger partial charge in [0.2, 0.25) is 5.91 Å². The van der Waals surface area contributed by atoms with Crippen LogP contribution >= 0.6 is 0 Å². The Morgan fingerprint density at radius 2 is 2.27 bits per heavy atom. The number of primary amides is 1. The second-order valence-electron chi connectivity index (χ2n) is 4.58. The van der Waals surface area contributed by atoms with E-state index < -0.39 is 0 Å². The fraction of sp³-hybridized carbons (Fsp3) is 0.909. The van der Waals surface area contributed by atoms with Gasteiger partial charge in [-0.1, -0.05) is 20.8 Å². The average molecular weight is 213 g/mol. The van der Waals surface area contributed by atoms with Crippen molar-refractivity contribution in [3.8, 4) is 0 Å². The van der Waals surface area contributed by atoms with Crippen LogP contribution in [0.3, 0.4) is 0 Å². The quantitative estimate of drug-likeness (QED) is 0.700. The number of piperazine rings is 1. The minimum Gasteiger partial charge on any atom is -0.368 e. The molecule has 0 bridgehead atoms. The molecule has 15 heavy (non-hydrogen) atoms. The maximum Gasteiger partial charge on any atom is 0.236 e. The summed E-state index contributed by atoms with van der Waals surface area (Å²) in [4.78, 5) is 13.6. The van der Waals surface area contributed by atoms with Crippen LogP contribution in [-0.2, 0) is 4.79 Å². The summed E-state index contributed by atoms with van der Waals surface area (Å²) in [5.41, 5.74) is 5.43. The predicted octanol–water partition coefficient (Wildman–Crippen LogP) is 0.180. The van der Waals surface area contributed by atoms with E-state index in [4.69, 9.17) is 5.73 Å². The fourth-order valence-corrected chi connectivity index (χ4v) is 2.47. The van der Waals surface area contributed by atoms with Crippen molar-refractivity contribution in [1.82, 2.24) is 10.2 Å². The zero-order valence-corrected chi connectivity index (χ0v) is 9.99. The summed E-state index contributed by atoms with van der Waals surface area (Å²) in [6, 6.07) is 0.329. The molecule has 1 amide bonds. The number of nitrogens with zero attached hydrogens (tertiary/aromatic N) is 1. The molecule has 0 spiro atoms. The van der Waals surface area contributed by atoms with Crippen LogP contribution in [0.4, 0.5) is 0 Å². The van der Waals surface area contributed by atoms with Gasteiger partial charge in [-0.15, -0.1) is 0 Å². The molecule has 0 saturated carbocycles. The Labute approximate surface area is 92.2 Å². The lowest BCUT2D eigenvalue weighted by molar-refractivity contribution is -0.125. The standard InChI is InChI=1S/C11H23N3O/c1-4-9(8(2)3)14-6-5-13-7-10(14)11(12)15/h8-10,13H,4-7H2,1-3H3,(H2,12,15). The second-order valence-corrected chi connectivity index (χ2v) is 4.58. The Kier molecular flexibility index (Phi) is 4.54. The summed E-state index contributed by atoms with van der Waals surface area (Å²) in [5.74, 6) is 0.358. The Bertz CT molecular complexity index is 218. The number of rotatable bonds is 4. The van der Waals surface area contributed by atoms with Gasteiger partial charge in [0.25, 0.3) is 0 Å². The van der Waals surface area contributed by atoms with E-state index >= 15 is 0 Å². The predicted molar refractivity (Wildman–Crippen MR) is 61.5 cm³/mol. The highest BCUT2D eigenvalue weighted by molar-refractivity contribution is 5.80. The fourth-order valence-electron chi connectivity index (χ4n) is 2.47. The van der Waals surface area contributed by atoms with Crippen LogP contribution in [0.5, 0.6) is 0 Å². The Morgan fingerprint density at radius 1 is 1.60 bits per heavy atom. The number of nitrogens with two attached hydrogens (primary N) is 1. The molecule has 0 aliphatic carbocycles. The van der Waals surface area contributed by atoms with Gasteiger partial charge in [0.15, 0.2) is 0 Å². The lowest BCUT2D eigenvalue weighted by Crippen LogP contribution is -2.60. The zero-order valence-electron chi connectivity index (χ0n) is 9.99. The lowest BCUT2D eigenvalue weighted by atomic mass is 9.97. The first-order valence-corrected chi connectivity index (χ1v) is 5.83. The van der Waals surface area contributed by atoms with Crippen LogP contribution in [0.15, 0.2) is 0 Å². The third-order valence-corrected chi connectivity index (χ3v) is 3.23. The van der Waals surface area contributed by atoms with Gasteiger partial charge >= 0.3 is 0 Å². The first-order valence-electron chi connectivity index (χ1n) is 5.83. The molecule has 1 rings (SSSR count). The summed E-state index contributed by atoms with van der Waals surface area (Å²) < 4.78 is 0.